The Hall–Kier alpha value is -2.73. The Bertz CT molecular complexity index is 682. The molecule has 2 atom stereocenters. The average molecular weight is 405 g/mol. The molecule has 1 aromatic carbocycles. The van der Waals surface area contributed by atoms with E-state index in [2.05, 4.69) is 15.3 Å². The summed E-state index contributed by atoms with van der Waals surface area (Å²) in [6.45, 7) is 5.79. The second-order valence-corrected chi connectivity index (χ2v) is 7.93. The van der Waals surface area contributed by atoms with Gasteiger partial charge in [-0.1, -0.05) is 35.4 Å². The minimum atomic E-state index is -0.586. The van der Waals surface area contributed by atoms with Crippen LogP contribution < -0.4 is 5.32 Å². The van der Waals surface area contributed by atoms with Crippen molar-refractivity contribution in [1.82, 2.24) is 5.32 Å². The van der Waals surface area contributed by atoms with E-state index >= 15 is 0 Å². The molecule has 0 saturated carbocycles. The van der Waals surface area contributed by atoms with Gasteiger partial charge >= 0.3 is 12.1 Å². The number of benzene rings is 1. The number of ether oxygens (including phenoxy) is 2. The summed E-state index contributed by atoms with van der Waals surface area (Å²) in [5.41, 5.74) is 8.89. The van der Waals surface area contributed by atoms with E-state index in [-0.39, 0.29) is 17.9 Å². The van der Waals surface area contributed by atoms with Crippen LogP contribution in [0.15, 0.2) is 35.4 Å². The molecule has 1 N–H and O–H groups in total. The van der Waals surface area contributed by atoms with Crippen LogP contribution in [-0.4, -0.2) is 37.4 Å². The molecule has 0 aliphatic rings. The lowest BCUT2D eigenvalue weighted by Crippen LogP contribution is -2.40. The van der Waals surface area contributed by atoms with Gasteiger partial charge in [0.1, 0.15) is 5.60 Å². The Labute approximate surface area is 172 Å². The fraction of sp³-hybridized carbons (Fsp3) is 0.619. The Morgan fingerprint density at radius 3 is 2.45 bits per heavy atom. The lowest BCUT2D eigenvalue weighted by Gasteiger charge is -2.25. The molecule has 1 aromatic rings. The molecule has 0 aromatic heterocycles. The summed E-state index contributed by atoms with van der Waals surface area (Å²) < 4.78 is 10.3. The molecule has 0 saturated heterocycles. The van der Waals surface area contributed by atoms with Crippen LogP contribution in [0, 0.1) is 5.92 Å². The highest BCUT2D eigenvalue weighted by Gasteiger charge is 2.23. The van der Waals surface area contributed by atoms with E-state index in [1.165, 1.54) is 7.11 Å². The van der Waals surface area contributed by atoms with Gasteiger partial charge in [0.05, 0.1) is 13.0 Å². The standard InChI is InChI=1S/C21H32N4O4/c1-21(2,3)29-20(27)24-18(15-16-9-6-5-7-10-16)13-12-17(19(26)28-4)11-8-14-23-25-22/h5-7,9-10,17-18H,8,11-15H2,1-4H3,(H,24,27)/t17?,18-/m0/s1. The number of esters is 1. The fourth-order valence-electron chi connectivity index (χ4n) is 3.00. The SMILES string of the molecule is COC(=O)C(CCCN=[N+]=[N-])CC[C@@H](Cc1ccccc1)NC(=O)OC(C)(C)C. The van der Waals surface area contributed by atoms with Gasteiger partial charge in [-0.05, 0) is 64.0 Å². The van der Waals surface area contributed by atoms with Crippen molar-refractivity contribution in [2.45, 2.75) is 64.5 Å². The average Bonchev–Trinajstić information content (AvgIpc) is 2.66. The quantitative estimate of drug-likeness (QED) is 0.188. The van der Waals surface area contributed by atoms with Crippen molar-refractivity contribution in [3.63, 3.8) is 0 Å². The number of hydrogen-bond donors (Lipinski definition) is 1. The van der Waals surface area contributed by atoms with Crippen molar-refractivity contribution in [2.75, 3.05) is 13.7 Å². The molecule has 0 aliphatic carbocycles. The summed E-state index contributed by atoms with van der Waals surface area (Å²) >= 11 is 0. The summed E-state index contributed by atoms with van der Waals surface area (Å²) in [4.78, 5) is 27.1. The molecule has 160 valence electrons. The summed E-state index contributed by atoms with van der Waals surface area (Å²) in [5.74, 6) is -0.603. The number of carbonyl (C=O) groups is 2. The number of azide groups is 1. The molecule has 29 heavy (non-hydrogen) atoms. The lowest BCUT2D eigenvalue weighted by atomic mass is 9.93. The molecule has 1 unspecified atom stereocenters. The van der Waals surface area contributed by atoms with E-state index in [4.69, 9.17) is 15.0 Å². The smallest absolute Gasteiger partial charge is 0.407 e. The summed E-state index contributed by atoms with van der Waals surface area (Å²) in [7, 11) is 1.36. The number of alkyl carbamates (subject to hydrolysis) is 1. The van der Waals surface area contributed by atoms with Gasteiger partial charge in [-0.2, -0.15) is 0 Å². The maximum Gasteiger partial charge on any atom is 0.407 e. The molecule has 0 bridgehead atoms. The van der Waals surface area contributed by atoms with Crippen LogP contribution in [0.4, 0.5) is 4.79 Å². The van der Waals surface area contributed by atoms with Gasteiger partial charge in [0.15, 0.2) is 0 Å². The number of nitrogens with one attached hydrogen (secondary N) is 1. The molecule has 0 spiro atoms. The Balaban J connectivity index is 2.77. The van der Waals surface area contributed by atoms with Crippen LogP contribution in [0.1, 0.15) is 52.0 Å². The second kappa shape index (κ2) is 12.7. The predicted molar refractivity (Wildman–Crippen MR) is 111 cm³/mol. The molecule has 8 heteroatoms. The first-order valence-electron chi connectivity index (χ1n) is 9.87. The van der Waals surface area contributed by atoms with Crippen LogP contribution >= 0.6 is 0 Å². The van der Waals surface area contributed by atoms with Crippen LogP contribution in [0.5, 0.6) is 0 Å². The minimum Gasteiger partial charge on any atom is -0.469 e. The largest absolute Gasteiger partial charge is 0.469 e. The van der Waals surface area contributed by atoms with Crippen molar-refractivity contribution >= 4 is 12.1 Å². The molecular formula is C21H32N4O4. The van der Waals surface area contributed by atoms with E-state index < -0.39 is 11.7 Å². The van der Waals surface area contributed by atoms with Gasteiger partial charge in [0, 0.05) is 17.5 Å². The van der Waals surface area contributed by atoms with Crippen LogP contribution in [-0.2, 0) is 20.7 Å². The van der Waals surface area contributed by atoms with Crippen LogP contribution in [0.25, 0.3) is 10.4 Å². The maximum absolute atomic E-state index is 12.3. The summed E-state index contributed by atoms with van der Waals surface area (Å²) in [5, 5.41) is 6.44. The van der Waals surface area contributed by atoms with Gasteiger partial charge in [0.25, 0.3) is 0 Å². The van der Waals surface area contributed by atoms with E-state index in [1.54, 1.807) is 0 Å². The zero-order valence-corrected chi connectivity index (χ0v) is 17.8. The fourth-order valence-corrected chi connectivity index (χ4v) is 3.00. The molecule has 0 fully saturated rings. The zero-order valence-electron chi connectivity index (χ0n) is 17.8. The monoisotopic (exact) mass is 404 g/mol. The molecule has 0 aliphatic heterocycles. The third-order valence-electron chi connectivity index (χ3n) is 4.32. The number of nitrogens with zero attached hydrogens (tertiary/aromatic N) is 3. The summed E-state index contributed by atoms with van der Waals surface area (Å²) in [6, 6.07) is 9.66. The highest BCUT2D eigenvalue weighted by atomic mass is 16.6. The van der Waals surface area contributed by atoms with E-state index in [0.717, 1.165) is 5.56 Å². The molecule has 1 amide bonds. The number of methoxy groups -OCH3 is 1. The van der Waals surface area contributed by atoms with Crippen molar-refractivity contribution in [2.24, 2.45) is 11.0 Å². The Morgan fingerprint density at radius 2 is 1.86 bits per heavy atom. The first-order chi connectivity index (χ1) is 13.7. The van der Waals surface area contributed by atoms with Gasteiger partial charge < -0.3 is 14.8 Å². The molecule has 8 nitrogen and oxygen atoms in total. The number of hydrogen-bond acceptors (Lipinski definition) is 5. The molecule has 0 heterocycles. The maximum atomic E-state index is 12.3. The van der Waals surface area contributed by atoms with Crippen molar-refractivity contribution < 1.29 is 19.1 Å². The zero-order chi connectivity index (χ0) is 21.7. The van der Waals surface area contributed by atoms with Gasteiger partial charge in [0.2, 0.25) is 0 Å². The van der Waals surface area contributed by atoms with Gasteiger partial charge in [-0.3, -0.25) is 4.79 Å². The summed E-state index contributed by atoms with van der Waals surface area (Å²) in [6.07, 6.45) is 2.47. The Morgan fingerprint density at radius 1 is 1.17 bits per heavy atom. The number of carbonyl (C=O) groups excluding carboxylic acids is 2. The highest BCUT2D eigenvalue weighted by molar-refractivity contribution is 5.72. The topological polar surface area (TPSA) is 113 Å². The molecule has 1 rings (SSSR count). The third-order valence-corrected chi connectivity index (χ3v) is 4.32. The highest BCUT2D eigenvalue weighted by Crippen LogP contribution is 2.19. The first kappa shape index (κ1) is 24.3. The first-order valence-corrected chi connectivity index (χ1v) is 9.87. The predicted octanol–water partition coefficient (Wildman–Crippen LogP) is 4.78. The van der Waals surface area contributed by atoms with Crippen LogP contribution in [0.3, 0.4) is 0 Å². The number of amides is 1. The Kier molecular flexibility index (Phi) is 10.6. The molecular weight excluding hydrogens is 372 g/mol. The molecule has 0 radical (unpaired) electrons. The van der Waals surface area contributed by atoms with Crippen molar-refractivity contribution in [1.29, 1.82) is 0 Å². The minimum absolute atomic E-state index is 0.184. The van der Waals surface area contributed by atoms with Crippen molar-refractivity contribution in [3.05, 3.63) is 46.3 Å². The van der Waals surface area contributed by atoms with Crippen molar-refractivity contribution in [3.8, 4) is 0 Å². The third kappa shape index (κ3) is 11.0. The lowest BCUT2D eigenvalue weighted by molar-refractivity contribution is -0.146. The van der Waals surface area contributed by atoms with Gasteiger partial charge in [-0.15, -0.1) is 0 Å². The van der Waals surface area contributed by atoms with Gasteiger partial charge in [-0.25, -0.2) is 4.79 Å². The second-order valence-electron chi connectivity index (χ2n) is 7.93. The van der Waals surface area contributed by atoms with Crippen LogP contribution in [0.2, 0.25) is 0 Å². The number of rotatable bonds is 11. The van der Waals surface area contributed by atoms with E-state index in [1.807, 2.05) is 51.1 Å². The normalized spacial score (nSPS) is 13.0. The van der Waals surface area contributed by atoms with E-state index in [0.29, 0.717) is 38.6 Å². The van der Waals surface area contributed by atoms with E-state index in [9.17, 15) is 9.59 Å².